The first-order chi connectivity index (χ1) is 10.7. The molecule has 23 heavy (non-hydrogen) atoms. The molecule has 0 unspecified atom stereocenters. The Morgan fingerprint density at radius 1 is 1.22 bits per heavy atom. The van der Waals surface area contributed by atoms with E-state index in [2.05, 4.69) is 51.3 Å². The average Bonchev–Trinajstić information content (AvgIpc) is 2.55. The molecular formula is C17H30IN5. The Morgan fingerprint density at radius 3 is 2.61 bits per heavy atom. The number of aryl methyl sites for hydroxylation is 1. The summed E-state index contributed by atoms with van der Waals surface area (Å²) in [6.45, 7) is 8.79. The highest BCUT2D eigenvalue weighted by Crippen LogP contribution is 2.17. The molecule has 0 spiro atoms. The Balaban J connectivity index is 0.00000264. The van der Waals surface area contributed by atoms with Crippen LogP contribution in [-0.2, 0) is 0 Å². The van der Waals surface area contributed by atoms with Crippen LogP contribution in [-0.4, -0.2) is 57.2 Å². The highest BCUT2D eigenvalue weighted by molar-refractivity contribution is 14.0. The lowest BCUT2D eigenvalue weighted by Crippen LogP contribution is -2.46. The fourth-order valence-electron chi connectivity index (χ4n) is 2.81. The lowest BCUT2D eigenvalue weighted by Gasteiger charge is -2.36. The number of benzene rings is 1. The van der Waals surface area contributed by atoms with Gasteiger partial charge in [0.2, 0.25) is 0 Å². The molecule has 0 saturated carbocycles. The molecule has 1 fully saturated rings. The monoisotopic (exact) mass is 431 g/mol. The first-order valence-electron chi connectivity index (χ1n) is 8.19. The number of guanidine groups is 1. The summed E-state index contributed by atoms with van der Waals surface area (Å²) in [6.07, 6.45) is 2.34. The summed E-state index contributed by atoms with van der Waals surface area (Å²) in [5.74, 6) is 0.534. The van der Waals surface area contributed by atoms with Gasteiger partial charge < -0.3 is 16.0 Å². The van der Waals surface area contributed by atoms with Gasteiger partial charge in [-0.25, -0.2) is 0 Å². The number of rotatable bonds is 6. The number of hydrogen-bond acceptors (Lipinski definition) is 3. The lowest BCUT2D eigenvalue weighted by atomic mass is 10.2. The fraction of sp³-hybridized carbons (Fsp3) is 0.588. The van der Waals surface area contributed by atoms with E-state index in [1.807, 2.05) is 0 Å². The van der Waals surface area contributed by atoms with Crippen LogP contribution < -0.4 is 16.0 Å². The highest BCUT2D eigenvalue weighted by Gasteiger charge is 2.16. The van der Waals surface area contributed by atoms with Gasteiger partial charge in [-0.3, -0.25) is 9.89 Å². The van der Waals surface area contributed by atoms with Crippen LogP contribution in [0.4, 0.5) is 5.69 Å². The van der Waals surface area contributed by atoms with E-state index >= 15 is 0 Å². The van der Waals surface area contributed by atoms with E-state index in [0.29, 0.717) is 5.96 Å². The zero-order valence-corrected chi connectivity index (χ0v) is 16.6. The number of aliphatic imine (C=N–C) groups is 1. The molecule has 0 radical (unpaired) electrons. The fourth-order valence-corrected chi connectivity index (χ4v) is 2.81. The third-order valence-electron chi connectivity index (χ3n) is 4.19. The van der Waals surface area contributed by atoms with E-state index in [1.165, 1.54) is 24.2 Å². The zero-order valence-electron chi connectivity index (χ0n) is 14.3. The summed E-state index contributed by atoms with van der Waals surface area (Å²) < 4.78 is 0. The summed E-state index contributed by atoms with van der Waals surface area (Å²) in [5.41, 5.74) is 8.30. The molecule has 1 aromatic carbocycles. The molecule has 0 aliphatic carbocycles. The van der Waals surface area contributed by atoms with Crippen molar-refractivity contribution in [3.8, 4) is 0 Å². The number of halogens is 1. The summed E-state index contributed by atoms with van der Waals surface area (Å²) in [6, 6.07) is 8.80. The van der Waals surface area contributed by atoms with Crippen LogP contribution in [0.1, 0.15) is 18.4 Å². The van der Waals surface area contributed by atoms with Crippen molar-refractivity contribution in [3.63, 3.8) is 0 Å². The minimum Gasteiger partial charge on any atom is -0.370 e. The lowest BCUT2D eigenvalue weighted by molar-refractivity contribution is 0.253. The van der Waals surface area contributed by atoms with E-state index in [-0.39, 0.29) is 24.0 Å². The molecule has 130 valence electrons. The maximum Gasteiger partial charge on any atom is 0.188 e. The van der Waals surface area contributed by atoms with Crippen LogP contribution in [0.5, 0.6) is 0 Å². The van der Waals surface area contributed by atoms with E-state index in [4.69, 9.17) is 5.73 Å². The quantitative estimate of drug-likeness (QED) is 0.313. The predicted molar refractivity (Wildman–Crippen MR) is 110 cm³/mol. The van der Waals surface area contributed by atoms with Crippen molar-refractivity contribution in [1.82, 2.24) is 10.2 Å². The molecule has 3 N–H and O–H groups in total. The van der Waals surface area contributed by atoms with Crippen molar-refractivity contribution in [1.29, 1.82) is 0 Å². The van der Waals surface area contributed by atoms with Crippen molar-refractivity contribution in [2.75, 3.05) is 51.2 Å². The Kier molecular flexibility index (Phi) is 9.31. The van der Waals surface area contributed by atoms with E-state index in [0.717, 1.165) is 39.1 Å². The Hall–Kier alpha value is -1.02. The first kappa shape index (κ1) is 20.0. The molecule has 1 aliphatic rings. The minimum atomic E-state index is 0. The average molecular weight is 431 g/mol. The molecule has 2 rings (SSSR count). The van der Waals surface area contributed by atoms with Gasteiger partial charge in [0.1, 0.15) is 0 Å². The standard InChI is InChI=1S/C17H29N5.HI/c1-15-6-5-7-16(14-15)22-12-10-21(11-13-22)9-4-3-8-20-17(18)19-2;/h5-7,14H,3-4,8-13H2,1-2H3,(H3,18,19,20);1H. The molecule has 1 aromatic rings. The molecule has 1 heterocycles. The van der Waals surface area contributed by atoms with Gasteiger partial charge in [-0.15, -0.1) is 24.0 Å². The summed E-state index contributed by atoms with van der Waals surface area (Å²) in [5, 5.41) is 3.10. The predicted octanol–water partition coefficient (Wildman–Crippen LogP) is 2.05. The second kappa shape index (κ2) is 10.7. The molecule has 0 aromatic heterocycles. The van der Waals surface area contributed by atoms with E-state index < -0.39 is 0 Å². The van der Waals surface area contributed by atoms with Gasteiger partial charge in [-0.1, -0.05) is 12.1 Å². The van der Waals surface area contributed by atoms with Crippen molar-refractivity contribution in [3.05, 3.63) is 29.8 Å². The van der Waals surface area contributed by atoms with Crippen LogP contribution in [0.2, 0.25) is 0 Å². The van der Waals surface area contributed by atoms with Gasteiger partial charge in [0.05, 0.1) is 0 Å². The maximum atomic E-state index is 5.60. The normalized spacial score (nSPS) is 16.1. The molecule has 0 atom stereocenters. The Morgan fingerprint density at radius 2 is 1.96 bits per heavy atom. The van der Waals surface area contributed by atoms with Crippen molar-refractivity contribution < 1.29 is 0 Å². The van der Waals surface area contributed by atoms with Crippen molar-refractivity contribution in [2.24, 2.45) is 10.7 Å². The van der Waals surface area contributed by atoms with Gasteiger partial charge >= 0.3 is 0 Å². The maximum absolute atomic E-state index is 5.60. The third kappa shape index (κ3) is 6.95. The number of nitrogens with one attached hydrogen (secondary N) is 1. The number of hydrogen-bond donors (Lipinski definition) is 2. The first-order valence-corrected chi connectivity index (χ1v) is 8.19. The molecule has 5 nitrogen and oxygen atoms in total. The summed E-state index contributed by atoms with van der Waals surface area (Å²) in [4.78, 5) is 8.94. The molecular weight excluding hydrogens is 401 g/mol. The third-order valence-corrected chi connectivity index (χ3v) is 4.19. The van der Waals surface area contributed by atoms with Gasteiger partial charge in [-0.05, 0) is 44.0 Å². The minimum absolute atomic E-state index is 0. The highest BCUT2D eigenvalue weighted by atomic mass is 127. The molecule has 0 bridgehead atoms. The summed E-state index contributed by atoms with van der Waals surface area (Å²) >= 11 is 0. The molecule has 6 heteroatoms. The van der Waals surface area contributed by atoms with E-state index in [9.17, 15) is 0 Å². The number of unbranched alkanes of at least 4 members (excludes halogenated alkanes) is 1. The molecule has 0 amide bonds. The van der Waals surface area contributed by atoms with Gasteiger partial charge in [-0.2, -0.15) is 0 Å². The van der Waals surface area contributed by atoms with Gasteiger partial charge in [0, 0.05) is 45.5 Å². The van der Waals surface area contributed by atoms with Crippen LogP contribution in [0.3, 0.4) is 0 Å². The van der Waals surface area contributed by atoms with Crippen LogP contribution >= 0.6 is 24.0 Å². The van der Waals surface area contributed by atoms with E-state index in [1.54, 1.807) is 7.05 Å². The number of nitrogens with two attached hydrogens (primary N) is 1. The second-order valence-corrected chi connectivity index (χ2v) is 5.91. The zero-order chi connectivity index (χ0) is 15.8. The second-order valence-electron chi connectivity index (χ2n) is 5.91. The summed E-state index contributed by atoms with van der Waals surface area (Å²) in [7, 11) is 1.70. The van der Waals surface area contributed by atoms with Crippen LogP contribution in [0.25, 0.3) is 0 Å². The number of nitrogens with zero attached hydrogens (tertiary/aromatic N) is 3. The van der Waals surface area contributed by atoms with Gasteiger partial charge in [0.15, 0.2) is 5.96 Å². The van der Waals surface area contributed by atoms with Gasteiger partial charge in [0.25, 0.3) is 0 Å². The Labute approximate surface area is 157 Å². The number of anilines is 1. The van der Waals surface area contributed by atoms with Crippen LogP contribution in [0.15, 0.2) is 29.3 Å². The Bertz CT molecular complexity index is 484. The van der Waals surface area contributed by atoms with Crippen molar-refractivity contribution >= 4 is 35.6 Å². The molecule has 1 aliphatic heterocycles. The number of piperazine rings is 1. The van der Waals surface area contributed by atoms with Crippen LogP contribution in [0, 0.1) is 6.92 Å². The largest absolute Gasteiger partial charge is 0.370 e. The molecule has 1 saturated heterocycles. The van der Waals surface area contributed by atoms with Crippen molar-refractivity contribution in [2.45, 2.75) is 19.8 Å². The topological polar surface area (TPSA) is 56.9 Å². The SMILES string of the molecule is CN=C(N)NCCCCN1CCN(c2cccc(C)c2)CC1.I. The smallest absolute Gasteiger partial charge is 0.188 e.